The molecule has 1 aliphatic carbocycles. The minimum absolute atomic E-state index is 0.218. The maximum absolute atomic E-state index is 12.5. The van der Waals surface area contributed by atoms with E-state index in [9.17, 15) is 4.79 Å². The molecule has 1 unspecified atom stereocenters. The van der Waals surface area contributed by atoms with Crippen LogP contribution in [0.3, 0.4) is 0 Å². The number of rotatable bonds is 3. The van der Waals surface area contributed by atoms with Crippen LogP contribution in [-0.4, -0.2) is 46.3 Å². The lowest BCUT2D eigenvalue weighted by atomic mass is 9.93. The molecule has 0 spiro atoms. The lowest BCUT2D eigenvalue weighted by molar-refractivity contribution is -0.140. The highest BCUT2D eigenvalue weighted by Crippen LogP contribution is 2.40. The van der Waals surface area contributed by atoms with Gasteiger partial charge >= 0.3 is 0 Å². The lowest BCUT2D eigenvalue weighted by Gasteiger charge is -2.39. The van der Waals surface area contributed by atoms with E-state index in [4.69, 9.17) is 4.98 Å². The quantitative estimate of drug-likeness (QED) is 0.858. The molecule has 1 aromatic heterocycles. The van der Waals surface area contributed by atoms with E-state index in [0.717, 1.165) is 36.9 Å². The summed E-state index contributed by atoms with van der Waals surface area (Å²) in [7, 11) is 1.94. The Labute approximate surface area is 136 Å². The number of nitrogens with zero attached hydrogens (tertiary/aromatic N) is 4. The maximum Gasteiger partial charge on any atom is 0.227 e. The molecule has 0 aromatic carbocycles. The first-order valence-corrected chi connectivity index (χ1v) is 8.99. The number of carbonyl (C=O) groups excluding carboxylic acids is 1. The van der Waals surface area contributed by atoms with E-state index in [1.165, 1.54) is 24.4 Å². The summed E-state index contributed by atoms with van der Waals surface area (Å²) in [5, 5.41) is 1.03. The van der Waals surface area contributed by atoms with Crippen molar-refractivity contribution >= 4 is 22.6 Å². The SMILES string of the molecule is CN(C(=O)C(C)(C)C)C1CCCN(c2nc(C3CC3)ns2)C1. The third kappa shape index (κ3) is 3.26. The molecule has 1 aliphatic heterocycles. The minimum Gasteiger partial charge on any atom is -0.345 e. The average molecular weight is 322 g/mol. The molecule has 22 heavy (non-hydrogen) atoms. The maximum atomic E-state index is 12.5. The number of likely N-dealkylation sites (N-methyl/N-ethyl adjacent to an activating group) is 1. The van der Waals surface area contributed by atoms with Gasteiger partial charge in [0.25, 0.3) is 0 Å². The van der Waals surface area contributed by atoms with Gasteiger partial charge in [-0.3, -0.25) is 4.79 Å². The Balaban J connectivity index is 1.66. The molecular weight excluding hydrogens is 296 g/mol. The molecule has 122 valence electrons. The van der Waals surface area contributed by atoms with Gasteiger partial charge in [-0.25, -0.2) is 4.98 Å². The summed E-state index contributed by atoms with van der Waals surface area (Å²) in [6.07, 6.45) is 4.65. The number of hydrogen-bond acceptors (Lipinski definition) is 5. The predicted octanol–water partition coefficient (Wildman–Crippen LogP) is 2.89. The van der Waals surface area contributed by atoms with Gasteiger partial charge in [-0.1, -0.05) is 20.8 Å². The summed E-state index contributed by atoms with van der Waals surface area (Å²) in [4.78, 5) is 21.5. The van der Waals surface area contributed by atoms with Crippen LogP contribution in [0, 0.1) is 5.41 Å². The summed E-state index contributed by atoms with van der Waals surface area (Å²) < 4.78 is 4.51. The summed E-state index contributed by atoms with van der Waals surface area (Å²) in [6.45, 7) is 7.85. The van der Waals surface area contributed by atoms with Crippen molar-refractivity contribution < 1.29 is 4.79 Å². The van der Waals surface area contributed by atoms with Crippen molar-refractivity contribution in [1.29, 1.82) is 0 Å². The Morgan fingerprint density at radius 1 is 1.32 bits per heavy atom. The molecule has 1 saturated heterocycles. The second-order valence-corrected chi connectivity index (χ2v) is 8.35. The van der Waals surface area contributed by atoms with Crippen LogP contribution in [0.5, 0.6) is 0 Å². The van der Waals surface area contributed by atoms with Crippen LogP contribution in [0.15, 0.2) is 0 Å². The summed E-state index contributed by atoms with van der Waals surface area (Å²) in [5.74, 6) is 1.85. The van der Waals surface area contributed by atoms with Crippen LogP contribution in [-0.2, 0) is 4.79 Å². The van der Waals surface area contributed by atoms with Crippen LogP contribution in [0.1, 0.15) is 58.2 Å². The van der Waals surface area contributed by atoms with Crippen molar-refractivity contribution in [1.82, 2.24) is 14.3 Å². The monoisotopic (exact) mass is 322 g/mol. The first-order chi connectivity index (χ1) is 10.4. The van der Waals surface area contributed by atoms with E-state index in [0.29, 0.717) is 5.92 Å². The Kier molecular flexibility index (Phi) is 4.14. The number of anilines is 1. The zero-order chi connectivity index (χ0) is 15.9. The van der Waals surface area contributed by atoms with Gasteiger partial charge in [0.15, 0.2) is 0 Å². The fourth-order valence-corrected chi connectivity index (χ4v) is 3.78. The van der Waals surface area contributed by atoms with E-state index >= 15 is 0 Å². The fraction of sp³-hybridized carbons (Fsp3) is 0.812. The highest BCUT2D eigenvalue weighted by atomic mass is 32.1. The summed E-state index contributed by atoms with van der Waals surface area (Å²) in [6, 6.07) is 0.272. The molecule has 5 nitrogen and oxygen atoms in total. The molecular formula is C16H26N4OS. The van der Waals surface area contributed by atoms with Crippen LogP contribution in [0.2, 0.25) is 0 Å². The lowest BCUT2D eigenvalue weighted by Crippen LogP contribution is -2.51. The highest BCUT2D eigenvalue weighted by molar-refractivity contribution is 7.09. The largest absolute Gasteiger partial charge is 0.345 e. The fourth-order valence-electron chi connectivity index (χ4n) is 3.00. The van der Waals surface area contributed by atoms with Crippen molar-refractivity contribution in [3.8, 4) is 0 Å². The number of hydrogen-bond donors (Lipinski definition) is 0. The minimum atomic E-state index is -0.321. The molecule has 6 heteroatoms. The standard InChI is InChI=1S/C16H26N4OS/c1-16(2,3)14(21)19(4)12-6-5-9-20(10-12)15-17-13(18-22-15)11-7-8-11/h11-12H,5-10H2,1-4H3. The van der Waals surface area contributed by atoms with E-state index in [2.05, 4.69) is 9.27 Å². The molecule has 1 atom stereocenters. The van der Waals surface area contributed by atoms with Gasteiger partial charge in [-0.15, -0.1) is 0 Å². The highest BCUT2D eigenvalue weighted by Gasteiger charge is 2.33. The second kappa shape index (κ2) is 5.80. The number of carbonyl (C=O) groups is 1. The van der Waals surface area contributed by atoms with Crippen LogP contribution in [0.25, 0.3) is 0 Å². The summed E-state index contributed by atoms with van der Waals surface area (Å²) in [5.41, 5.74) is -0.321. The first kappa shape index (κ1) is 15.7. The average Bonchev–Trinajstić information content (AvgIpc) is 3.22. The van der Waals surface area contributed by atoms with Crippen molar-refractivity contribution in [3.05, 3.63) is 5.82 Å². The molecule has 0 bridgehead atoms. The smallest absolute Gasteiger partial charge is 0.227 e. The zero-order valence-electron chi connectivity index (χ0n) is 14.0. The van der Waals surface area contributed by atoms with Crippen LogP contribution in [0.4, 0.5) is 5.13 Å². The van der Waals surface area contributed by atoms with Gasteiger partial charge in [0.2, 0.25) is 11.0 Å². The van der Waals surface area contributed by atoms with Crippen molar-refractivity contribution in [3.63, 3.8) is 0 Å². The molecule has 0 radical (unpaired) electrons. The van der Waals surface area contributed by atoms with Crippen molar-refractivity contribution in [2.75, 3.05) is 25.0 Å². The Bertz CT molecular complexity index is 547. The number of amides is 1. The first-order valence-electron chi connectivity index (χ1n) is 8.22. The van der Waals surface area contributed by atoms with Gasteiger partial charge < -0.3 is 9.80 Å². The predicted molar refractivity (Wildman–Crippen MR) is 89.3 cm³/mol. The third-order valence-corrected chi connectivity index (χ3v) is 5.34. The van der Waals surface area contributed by atoms with E-state index in [-0.39, 0.29) is 17.4 Å². The van der Waals surface area contributed by atoms with Crippen LogP contribution < -0.4 is 4.90 Å². The van der Waals surface area contributed by atoms with Gasteiger partial charge in [-0.2, -0.15) is 4.37 Å². The van der Waals surface area contributed by atoms with E-state index in [1.807, 2.05) is 32.7 Å². The Morgan fingerprint density at radius 3 is 2.68 bits per heavy atom. The molecule has 1 amide bonds. The topological polar surface area (TPSA) is 49.3 Å². The molecule has 0 N–H and O–H groups in total. The number of aromatic nitrogens is 2. The zero-order valence-corrected chi connectivity index (χ0v) is 14.8. The molecule has 1 aromatic rings. The van der Waals surface area contributed by atoms with Gasteiger partial charge in [0, 0.05) is 49.0 Å². The summed E-state index contributed by atoms with van der Waals surface area (Å²) >= 11 is 1.51. The second-order valence-electron chi connectivity index (χ2n) is 7.62. The molecule has 3 rings (SSSR count). The molecule has 2 heterocycles. The molecule has 2 fully saturated rings. The number of piperidine rings is 1. The third-order valence-electron chi connectivity index (χ3n) is 4.55. The van der Waals surface area contributed by atoms with Gasteiger partial charge in [0.05, 0.1) is 0 Å². The van der Waals surface area contributed by atoms with Crippen molar-refractivity contribution in [2.45, 2.75) is 58.4 Å². The van der Waals surface area contributed by atoms with Gasteiger partial charge in [-0.05, 0) is 25.7 Å². The molecule has 2 aliphatic rings. The Hall–Kier alpha value is -1.17. The van der Waals surface area contributed by atoms with Crippen LogP contribution >= 0.6 is 11.5 Å². The van der Waals surface area contributed by atoms with E-state index < -0.39 is 0 Å². The van der Waals surface area contributed by atoms with E-state index in [1.54, 1.807) is 0 Å². The van der Waals surface area contributed by atoms with Gasteiger partial charge in [0.1, 0.15) is 5.82 Å². The normalized spacial score (nSPS) is 22.7. The van der Waals surface area contributed by atoms with Crippen molar-refractivity contribution in [2.24, 2.45) is 5.41 Å². The Morgan fingerprint density at radius 2 is 2.05 bits per heavy atom. The molecule has 1 saturated carbocycles.